The quantitative estimate of drug-likeness (QED) is 0.903. The third-order valence-electron chi connectivity index (χ3n) is 2.62. The molecule has 1 aliphatic carbocycles. The maximum absolute atomic E-state index is 12.2. The Hall–Kier alpha value is -1.83. The van der Waals surface area contributed by atoms with Crippen LogP contribution in [0.25, 0.3) is 6.08 Å². The first kappa shape index (κ1) is 13.6. The number of sulfonamides is 1. The fourth-order valence-electron chi connectivity index (χ4n) is 1.73. The van der Waals surface area contributed by atoms with E-state index in [-0.39, 0.29) is 0 Å². The molecule has 102 valence electrons. The van der Waals surface area contributed by atoms with Crippen LogP contribution in [-0.2, 0) is 14.8 Å². The molecule has 1 amide bonds. The van der Waals surface area contributed by atoms with Crippen LogP contribution >= 0.6 is 0 Å². The van der Waals surface area contributed by atoms with E-state index in [9.17, 15) is 26.4 Å². The van der Waals surface area contributed by atoms with Crippen molar-refractivity contribution < 1.29 is 26.4 Å². The van der Waals surface area contributed by atoms with E-state index >= 15 is 0 Å². The third-order valence-corrected chi connectivity index (χ3v) is 3.70. The molecule has 4 nitrogen and oxygen atoms in total. The molecule has 0 saturated carbocycles. The normalized spacial score (nSPS) is 18.2. The molecule has 0 aromatic heterocycles. The molecular weight excluding hydrogens is 283 g/mol. The zero-order valence-corrected chi connectivity index (χ0v) is 10.1. The Morgan fingerprint density at radius 2 is 1.84 bits per heavy atom. The zero-order chi connectivity index (χ0) is 14.3. The van der Waals surface area contributed by atoms with Crippen LogP contribution in [0, 0.1) is 0 Å². The van der Waals surface area contributed by atoms with Gasteiger partial charge in [0, 0.05) is 0 Å². The number of nitrogens with one attached hydrogen (secondary N) is 1. The van der Waals surface area contributed by atoms with Crippen LogP contribution in [0.3, 0.4) is 0 Å². The van der Waals surface area contributed by atoms with Gasteiger partial charge >= 0.3 is 15.5 Å². The molecule has 1 unspecified atom stereocenters. The summed E-state index contributed by atoms with van der Waals surface area (Å²) < 4.78 is 59.2. The lowest BCUT2D eigenvalue weighted by Crippen LogP contribution is -2.41. The summed E-state index contributed by atoms with van der Waals surface area (Å²) >= 11 is 0. The maximum atomic E-state index is 12.2. The molecule has 1 N–H and O–H groups in total. The van der Waals surface area contributed by atoms with Crippen molar-refractivity contribution >= 4 is 22.0 Å². The third kappa shape index (κ3) is 2.48. The topological polar surface area (TPSA) is 63.2 Å². The highest BCUT2D eigenvalue weighted by Gasteiger charge is 2.47. The largest absolute Gasteiger partial charge is 0.516 e. The summed E-state index contributed by atoms with van der Waals surface area (Å²) in [6.45, 7) is 0. The van der Waals surface area contributed by atoms with Crippen LogP contribution < -0.4 is 4.72 Å². The van der Waals surface area contributed by atoms with Crippen molar-refractivity contribution in [3.8, 4) is 0 Å². The van der Waals surface area contributed by atoms with Crippen molar-refractivity contribution in [1.29, 1.82) is 0 Å². The summed E-state index contributed by atoms with van der Waals surface area (Å²) in [6.07, 6.45) is 2.91. The zero-order valence-electron chi connectivity index (χ0n) is 9.31. The van der Waals surface area contributed by atoms with Crippen LogP contribution in [0.2, 0.25) is 0 Å². The van der Waals surface area contributed by atoms with Crippen molar-refractivity contribution in [1.82, 2.24) is 4.72 Å². The number of carbonyl (C=O) groups is 1. The van der Waals surface area contributed by atoms with E-state index in [1.54, 1.807) is 30.3 Å². The van der Waals surface area contributed by atoms with Gasteiger partial charge in [-0.05, 0) is 11.1 Å². The second kappa shape index (κ2) is 4.37. The van der Waals surface area contributed by atoms with Gasteiger partial charge in [0.15, 0.2) is 0 Å². The average Bonchev–Trinajstić information content (AvgIpc) is 2.70. The summed E-state index contributed by atoms with van der Waals surface area (Å²) in [5.74, 6) is -2.26. The lowest BCUT2D eigenvalue weighted by atomic mass is 10.0. The first-order chi connectivity index (χ1) is 8.72. The van der Waals surface area contributed by atoms with Crippen LogP contribution in [0.5, 0.6) is 0 Å². The summed E-state index contributed by atoms with van der Waals surface area (Å²) in [5.41, 5.74) is -4.37. The molecule has 0 bridgehead atoms. The fraction of sp³-hybridized carbons (Fsp3) is 0.182. The Kier molecular flexibility index (Phi) is 3.13. The molecule has 0 heterocycles. The Morgan fingerprint density at radius 3 is 2.47 bits per heavy atom. The maximum Gasteiger partial charge on any atom is 0.516 e. The SMILES string of the molecule is O=C(NS(=O)(=O)C(F)(F)F)C1C=Cc2ccccc21. The average molecular weight is 291 g/mol. The van der Waals surface area contributed by atoms with Crippen molar-refractivity contribution in [3.63, 3.8) is 0 Å². The Morgan fingerprint density at radius 1 is 1.21 bits per heavy atom. The molecule has 2 rings (SSSR count). The second-order valence-electron chi connectivity index (χ2n) is 3.88. The molecule has 0 aliphatic heterocycles. The van der Waals surface area contributed by atoms with Gasteiger partial charge in [0.2, 0.25) is 5.91 Å². The van der Waals surface area contributed by atoms with E-state index in [1.165, 1.54) is 6.08 Å². The van der Waals surface area contributed by atoms with Crippen molar-refractivity contribution in [2.75, 3.05) is 0 Å². The molecule has 0 saturated heterocycles. The fourth-order valence-corrected chi connectivity index (χ4v) is 2.24. The monoisotopic (exact) mass is 291 g/mol. The van der Waals surface area contributed by atoms with E-state index in [1.807, 2.05) is 0 Å². The predicted molar refractivity (Wildman–Crippen MR) is 61.3 cm³/mol. The van der Waals surface area contributed by atoms with Gasteiger partial charge in [0.05, 0.1) is 5.92 Å². The molecular formula is C11H8F3NO3S. The van der Waals surface area contributed by atoms with Gasteiger partial charge in [-0.1, -0.05) is 36.4 Å². The molecule has 19 heavy (non-hydrogen) atoms. The highest BCUT2D eigenvalue weighted by Crippen LogP contribution is 2.31. The van der Waals surface area contributed by atoms with E-state index < -0.39 is 27.4 Å². The second-order valence-corrected chi connectivity index (χ2v) is 5.56. The van der Waals surface area contributed by atoms with Gasteiger partial charge in [-0.25, -0.2) is 4.72 Å². The number of alkyl halides is 3. The Labute approximate surface area is 107 Å². The van der Waals surface area contributed by atoms with Gasteiger partial charge in [0.1, 0.15) is 0 Å². The van der Waals surface area contributed by atoms with E-state index in [0.29, 0.717) is 11.1 Å². The van der Waals surface area contributed by atoms with Gasteiger partial charge in [-0.15, -0.1) is 0 Å². The molecule has 1 aromatic carbocycles. The first-order valence-corrected chi connectivity index (χ1v) is 6.61. The number of hydrogen-bond donors (Lipinski definition) is 1. The number of fused-ring (bicyclic) bond motifs is 1. The van der Waals surface area contributed by atoms with Crippen LogP contribution in [-0.4, -0.2) is 19.8 Å². The highest BCUT2D eigenvalue weighted by atomic mass is 32.2. The van der Waals surface area contributed by atoms with E-state index in [4.69, 9.17) is 0 Å². The smallest absolute Gasteiger partial charge is 0.273 e. The van der Waals surface area contributed by atoms with Gasteiger partial charge in [-0.2, -0.15) is 21.6 Å². The Balaban J connectivity index is 2.23. The number of hydrogen-bond acceptors (Lipinski definition) is 3. The number of halogens is 3. The molecule has 0 radical (unpaired) electrons. The molecule has 0 spiro atoms. The highest BCUT2D eigenvalue weighted by molar-refractivity contribution is 7.90. The van der Waals surface area contributed by atoms with E-state index in [0.717, 1.165) is 4.72 Å². The summed E-state index contributed by atoms with van der Waals surface area (Å²) in [6, 6.07) is 6.55. The number of amides is 1. The minimum absolute atomic E-state index is 0.470. The van der Waals surface area contributed by atoms with E-state index in [2.05, 4.69) is 0 Å². The summed E-state index contributed by atoms with van der Waals surface area (Å²) in [4.78, 5) is 11.6. The summed E-state index contributed by atoms with van der Waals surface area (Å²) in [5, 5.41) is 0. The predicted octanol–water partition coefficient (Wildman–Crippen LogP) is 1.76. The molecule has 1 atom stereocenters. The number of rotatable bonds is 2. The first-order valence-electron chi connectivity index (χ1n) is 5.12. The van der Waals surface area contributed by atoms with Crippen LogP contribution in [0.4, 0.5) is 13.2 Å². The van der Waals surface area contributed by atoms with Crippen LogP contribution in [0.15, 0.2) is 30.3 Å². The van der Waals surface area contributed by atoms with Crippen LogP contribution in [0.1, 0.15) is 17.0 Å². The van der Waals surface area contributed by atoms with Crippen molar-refractivity contribution in [2.24, 2.45) is 0 Å². The number of benzene rings is 1. The number of carbonyl (C=O) groups excluding carboxylic acids is 1. The molecule has 1 aromatic rings. The van der Waals surface area contributed by atoms with Crippen molar-refractivity contribution in [3.05, 3.63) is 41.5 Å². The molecule has 8 heteroatoms. The minimum Gasteiger partial charge on any atom is -0.273 e. The lowest BCUT2D eigenvalue weighted by molar-refractivity contribution is -0.120. The van der Waals surface area contributed by atoms with Gasteiger partial charge < -0.3 is 0 Å². The van der Waals surface area contributed by atoms with Gasteiger partial charge in [0.25, 0.3) is 0 Å². The summed E-state index contributed by atoms with van der Waals surface area (Å²) in [7, 11) is -5.67. The Bertz CT molecular complexity index is 649. The van der Waals surface area contributed by atoms with Gasteiger partial charge in [-0.3, -0.25) is 4.79 Å². The minimum atomic E-state index is -5.67. The molecule has 1 aliphatic rings. The lowest BCUT2D eigenvalue weighted by Gasteiger charge is -2.13. The standard InChI is InChI=1S/C11H8F3NO3S/c12-11(13,14)19(17,18)15-10(16)9-6-5-7-3-1-2-4-8(7)9/h1-6,9H,(H,15,16). The van der Waals surface area contributed by atoms with Crippen molar-refractivity contribution in [2.45, 2.75) is 11.4 Å². The molecule has 0 fully saturated rings.